The molecule has 0 aliphatic heterocycles. The summed E-state index contributed by atoms with van der Waals surface area (Å²) in [4.78, 5) is 11.7. The Bertz CT molecular complexity index is 537. The molecule has 0 unspecified atom stereocenters. The molecule has 0 atom stereocenters. The number of carbonyl (C=O) groups is 1. The van der Waals surface area contributed by atoms with Crippen molar-refractivity contribution in [2.45, 2.75) is 12.8 Å². The highest BCUT2D eigenvalue weighted by Gasteiger charge is 2.11. The minimum absolute atomic E-state index is 0.00367. The van der Waals surface area contributed by atoms with Crippen molar-refractivity contribution in [3.8, 4) is 5.75 Å². The van der Waals surface area contributed by atoms with E-state index in [0.29, 0.717) is 5.56 Å². The molecule has 0 saturated heterocycles. The van der Waals surface area contributed by atoms with Gasteiger partial charge in [0, 0.05) is 18.2 Å². The SMILES string of the molecule is COc1cc(C(=O)CCCS(C)(=O)=O)ccc1F. The van der Waals surface area contributed by atoms with Crippen LogP contribution in [0.25, 0.3) is 0 Å². The second-order valence-electron chi connectivity index (χ2n) is 4.01. The molecule has 1 aromatic rings. The summed E-state index contributed by atoms with van der Waals surface area (Å²) in [6.07, 6.45) is 1.50. The van der Waals surface area contributed by atoms with Crippen molar-refractivity contribution in [3.05, 3.63) is 29.6 Å². The van der Waals surface area contributed by atoms with Crippen molar-refractivity contribution in [2.75, 3.05) is 19.1 Å². The Balaban J connectivity index is 2.67. The number of hydrogen-bond acceptors (Lipinski definition) is 4. The minimum atomic E-state index is -3.06. The van der Waals surface area contributed by atoms with Crippen molar-refractivity contribution in [1.29, 1.82) is 0 Å². The Morgan fingerprint density at radius 2 is 2.06 bits per heavy atom. The number of halogens is 1. The fourth-order valence-corrected chi connectivity index (χ4v) is 2.14. The van der Waals surface area contributed by atoms with Crippen molar-refractivity contribution < 1.29 is 22.3 Å². The average molecular weight is 274 g/mol. The van der Waals surface area contributed by atoms with Crippen LogP contribution in [0.5, 0.6) is 5.75 Å². The summed E-state index contributed by atoms with van der Waals surface area (Å²) in [5, 5.41) is 0. The Morgan fingerprint density at radius 3 is 2.61 bits per heavy atom. The van der Waals surface area contributed by atoms with Crippen LogP contribution in [0.15, 0.2) is 18.2 Å². The molecular weight excluding hydrogens is 259 g/mol. The number of methoxy groups -OCH3 is 1. The molecule has 18 heavy (non-hydrogen) atoms. The van der Waals surface area contributed by atoms with E-state index in [1.165, 1.54) is 19.2 Å². The van der Waals surface area contributed by atoms with Gasteiger partial charge in [0.25, 0.3) is 0 Å². The van der Waals surface area contributed by atoms with Crippen LogP contribution in [0.2, 0.25) is 0 Å². The number of hydrogen-bond donors (Lipinski definition) is 0. The molecule has 0 spiro atoms. The first-order valence-electron chi connectivity index (χ1n) is 5.38. The first-order valence-corrected chi connectivity index (χ1v) is 7.44. The lowest BCUT2D eigenvalue weighted by Crippen LogP contribution is -2.07. The maximum atomic E-state index is 13.1. The van der Waals surface area contributed by atoms with Crippen LogP contribution in [0, 0.1) is 5.82 Å². The highest BCUT2D eigenvalue weighted by molar-refractivity contribution is 7.90. The van der Waals surface area contributed by atoms with E-state index in [9.17, 15) is 17.6 Å². The molecule has 0 aliphatic rings. The maximum absolute atomic E-state index is 13.1. The Hall–Kier alpha value is -1.43. The summed E-state index contributed by atoms with van der Waals surface area (Å²) < 4.78 is 39.7. The average Bonchev–Trinajstić information content (AvgIpc) is 2.27. The lowest BCUT2D eigenvalue weighted by atomic mass is 10.1. The molecule has 0 saturated carbocycles. The molecule has 1 aromatic carbocycles. The zero-order valence-electron chi connectivity index (χ0n) is 10.3. The first-order chi connectivity index (χ1) is 8.33. The third-order valence-electron chi connectivity index (χ3n) is 2.39. The standard InChI is InChI=1S/C12H15FO4S/c1-17-12-8-9(5-6-10(12)13)11(14)4-3-7-18(2,15)16/h5-6,8H,3-4,7H2,1-2H3. The summed E-state index contributed by atoms with van der Waals surface area (Å²) in [5.74, 6) is -0.789. The van der Waals surface area contributed by atoms with Gasteiger partial charge in [-0.15, -0.1) is 0 Å². The lowest BCUT2D eigenvalue weighted by molar-refractivity contribution is 0.0981. The van der Waals surface area contributed by atoms with E-state index in [4.69, 9.17) is 4.74 Å². The molecule has 1 rings (SSSR count). The number of carbonyl (C=O) groups excluding carboxylic acids is 1. The third kappa shape index (κ3) is 4.44. The van der Waals surface area contributed by atoms with Gasteiger partial charge in [0.05, 0.1) is 12.9 Å². The molecular formula is C12H15FO4S. The van der Waals surface area contributed by atoms with Gasteiger partial charge < -0.3 is 4.74 Å². The van der Waals surface area contributed by atoms with Crippen molar-refractivity contribution in [1.82, 2.24) is 0 Å². The predicted octanol–water partition coefficient (Wildman–Crippen LogP) is 1.84. The van der Waals surface area contributed by atoms with Gasteiger partial charge in [-0.25, -0.2) is 12.8 Å². The molecule has 6 heteroatoms. The highest BCUT2D eigenvalue weighted by Crippen LogP contribution is 2.19. The van der Waals surface area contributed by atoms with Gasteiger partial charge in [0.15, 0.2) is 17.3 Å². The Labute approximate surface area is 106 Å². The van der Waals surface area contributed by atoms with Crippen LogP contribution in [-0.4, -0.2) is 33.3 Å². The van der Waals surface area contributed by atoms with Crippen LogP contribution in [0.4, 0.5) is 4.39 Å². The van der Waals surface area contributed by atoms with Crippen LogP contribution >= 0.6 is 0 Å². The Morgan fingerprint density at radius 1 is 1.39 bits per heavy atom. The largest absolute Gasteiger partial charge is 0.494 e. The van der Waals surface area contributed by atoms with Crippen molar-refractivity contribution >= 4 is 15.6 Å². The monoisotopic (exact) mass is 274 g/mol. The van der Waals surface area contributed by atoms with Crippen LogP contribution < -0.4 is 4.74 Å². The van der Waals surface area contributed by atoms with E-state index in [2.05, 4.69) is 0 Å². The van der Waals surface area contributed by atoms with Crippen LogP contribution in [0.3, 0.4) is 0 Å². The fourth-order valence-electron chi connectivity index (χ4n) is 1.47. The topological polar surface area (TPSA) is 60.4 Å². The number of ketones is 1. The van der Waals surface area contributed by atoms with Crippen molar-refractivity contribution in [2.24, 2.45) is 0 Å². The van der Waals surface area contributed by atoms with Gasteiger partial charge in [-0.1, -0.05) is 0 Å². The van der Waals surface area contributed by atoms with Gasteiger partial charge in [-0.2, -0.15) is 0 Å². The smallest absolute Gasteiger partial charge is 0.165 e. The normalized spacial score (nSPS) is 11.3. The molecule has 0 amide bonds. The second kappa shape index (κ2) is 5.95. The molecule has 4 nitrogen and oxygen atoms in total. The van der Waals surface area contributed by atoms with Gasteiger partial charge in [-0.05, 0) is 24.6 Å². The summed E-state index contributed by atoms with van der Waals surface area (Å²) in [5.41, 5.74) is 0.321. The Kier molecular flexibility index (Phi) is 4.84. The number of ether oxygens (including phenoxy) is 1. The second-order valence-corrected chi connectivity index (χ2v) is 6.27. The molecule has 0 aliphatic carbocycles. The maximum Gasteiger partial charge on any atom is 0.165 e. The zero-order chi connectivity index (χ0) is 13.8. The summed E-state index contributed by atoms with van der Waals surface area (Å²) in [7, 11) is -1.74. The quantitative estimate of drug-likeness (QED) is 0.743. The number of Topliss-reactive ketones (excluding diaryl/α,β-unsaturated/α-hetero) is 1. The molecule has 100 valence electrons. The van der Waals surface area contributed by atoms with E-state index in [1.807, 2.05) is 0 Å². The molecule has 0 N–H and O–H groups in total. The number of rotatable bonds is 6. The summed E-state index contributed by atoms with van der Waals surface area (Å²) in [6, 6.07) is 3.83. The molecule has 0 aromatic heterocycles. The molecule has 0 radical (unpaired) electrons. The first kappa shape index (κ1) is 14.6. The number of sulfone groups is 1. The third-order valence-corrected chi connectivity index (χ3v) is 3.42. The number of benzene rings is 1. The van der Waals surface area contributed by atoms with Gasteiger partial charge in [0.1, 0.15) is 9.84 Å². The zero-order valence-corrected chi connectivity index (χ0v) is 11.1. The van der Waals surface area contributed by atoms with Crippen molar-refractivity contribution in [3.63, 3.8) is 0 Å². The van der Waals surface area contributed by atoms with Gasteiger partial charge in [-0.3, -0.25) is 4.79 Å². The highest BCUT2D eigenvalue weighted by atomic mass is 32.2. The van der Waals surface area contributed by atoms with E-state index < -0.39 is 15.7 Å². The minimum Gasteiger partial charge on any atom is -0.494 e. The molecule has 0 bridgehead atoms. The van der Waals surface area contributed by atoms with Crippen LogP contribution in [-0.2, 0) is 9.84 Å². The van der Waals surface area contributed by atoms with E-state index in [-0.39, 0.29) is 30.1 Å². The fraction of sp³-hybridized carbons (Fsp3) is 0.417. The summed E-state index contributed by atoms with van der Waals surface area (Å²) in [6.45, 7) is 0. The van der Waals surface area contributed by atoms with Crippen LogP contribution in [0.1, 0.15) is 23.2 Å². The predicted molar refractivity (Wildman–Crippen MR) is 66.2 cm³/mol. The summed E-state index contributed by atoms with van der Waals surface area (Å²) >= 11 is 0. The molecule has 0 fully saturated rings. The van der Waals surface area contributed by atoms with Gasteiger partial charge in [0.2, 0.25) is 0 Å². The van der Waals surface area contributed by atoms with E-state index in [0.717, 1.165) is 12.3 Å². The van der Waals surface area contributed by atoms with E-state index >= 15 is 0 Å². The van der Waals surface area contributed by atoms with E-state index in [1.54, 1.807) is 0 Å². The molecule has 0 heterocycles. The van der Waals surface area contributed by atoms with Gasteiger partial charge >= 0.3 is 0 Å². The lowest BCUT2D eigenvalue weighted by Gasteiger charge is -2.05.